The van der Waals surface area contributed by atoms with Crippen molar-refractivity contribution < 1.29 is 14.7 Å². The van der Waals surface area contributed by atoms with Crippen LogP contribution in [-0.2, 0) is 16.0 Å². The lowest BCUT2D eigenvalue weighted by molar-refractivity contribution is -0.143. The van der Waals surface area contributed by atoms with Crippen LogP contribution >= 0.6 is 11.8 Å². The molecule has 1 heterocycles. The number of rotatable bonds is 4. The number of hydrogen-bond donors (Lipinski definition) is 2. The van der Waals surface area contributed by atoms with Gasteiger partial charge in [-0.25, -0.2) is 0 Å². The van der Waals surface area contributed by atoms with Crippen LogP contribution in [-0.4, -0.2) is 28.8 Å². The van der Waals surface area contributed by atoms with Crippen molar-refractivity contribution >= 4 is 23.6 Å². The molecule has 0 saturated heterocycles. The first-order valence-corrected chi connectivity index (χ1v) is 7.24. The summed E-state index contributed by atoms with van der Waals surface area (Å²) in [4.78, 5) is 24.3. The molecule has 100 valence electrons. The van der Waals surface area contributed by atoms with E-state index in [2.05, 4.69) is 5.32 Å². The average Bonchev–Trinajstić information content (AvgIpc) is 3.07. The molecule has 1 aliphatic heterocycles. The minimum Gasteiger partial charge on any atom is -0.481 e. The summed E-state index contributed by atoms with van der Waals surface area (Å²) in [7, 11) is 0. The summed E-state index contributed by atoms with van der Waals surface area (Å²) in [5.41, 5.74) is 0.512. The van der Waals surface area contributed by atoms with Gasteiger partial charge in [-0.05, 0) is 30.9 Å². The van der Waals surface area contributed by atoms with E-state index in [4.69, 9.17) is 5.11 Å². The fourth-order valence-corrected chi connectivity index (χ4v) is 3.54. The van der Waals surface area contributed by atoms with Crippen molar-refractivity contribution in [2.45, 2.75) is 29.4 Å². The Balaban J connectivity index is 1.57. The van der Waals surface area contributed by atoms with Crippen LogP contribution < -0.4 is 5.32 Å². The Hall–Kier alpha value is -1.49. The molecule has 1 aliphatic carbocycles. The monoisotopic (exact) mass is 277 g/mol. The van der Waals surface area contributed by atoms with Crippen molar-refractivity contribution in [3.05, 3.63) is 29.8 Å². The number of amides is 1. The molecule has 0 spiro atoms. The zero-order valence-corrected chi connectivity index (χ0v) is 11.2. The Morgan fingerprint density at radius 1 is 1.37 bits per heavy atom. The molecule has 1 atom stereocenters. The van der Waals surface area contributed by atoms with Crippen molar-refractivity contribution in [2.24, 2.45) is 5.41 Å². The molecular weight excluding hydrogens is 262 g/mol. The molecule has 4 nitrogen and oxygen atoms in total. The van der Waals surface area contributed by atoms with E-state index in [-0.39, 0.29) is 17.7 Å². The Morgan fingerprint density at radius 3 is 2.74 bits per heavy atom. The average molecular weight is 277 g/mol. The normalized spacial score (nSPS) is 22.6. The highest BCUT2D eigenvalue weighted by Gasteiger charge is 2.50. The standard InChI is InChI=1S/C14H15NO3S/c16-12(15-8-14(5-6-14)13(17)18)11-7-9-3-1-2-4-10(9)19-11/h1-4,11H,5-8H2,(H,15,16)(H,17,18). The number of benzene rings is 1. The number of hydrogen-bond acceptors (Lipinski definition) is 3. The predicted octanol–water partition coefficient (Wildman–Crippen LogP) is 1.68. The Labute approximate surface area is 115 Å². The minimum atomic E-state index is -0.796. The van der Waals surface area contributed by atoms with Crippen LogP contribution in [0.25, 0.3) is 0 Å². The maximum absolute atomic E-state index is 12.1. The van der Waals surface area contributed by atoms with Crippen molar-refractivity contribution in [3.63, 3.8) is 0 Å². The Kier molecular flexibility index (Phi) is 3.01. The highest BCUT2D eigenvalue weighted by Crippen LogP contribution is 2.45. The molecule has 2 N–H and O–H groups in total. The summed E-state index contributed by atoms with van der Waals surface area (Å²) in [6.45, 7) is 0.259. The molecule has 1 fully saturated rings. The van der Waals surface area contributed by atoms with E-state index >= 15 is 0 Å². The van der Waals surface area contributed by atoms with Gasteiger partial charge in [0.05, 0.1) is 10.7 Å². The summed E-state index contributed by atoms with van der Waals surface area (Å²) < 4.78 is 0. The van der Waals surface area contributed by atoms with Gasteiger partial charge in [0.25, 0.3) is 0 Å². The molecule has 1 saturated carbocycles. The molecule has 1 unspecified atom stereocenters. The van der Waals surface area contributed by atoms with Gasteiger partial charge in [-0.15, -0.1) is 11.8 Å². The summed E-state index contributed by atoms with van der Waals surface area (Å²) >= 11 is 1.56. The summed E-state index contributed by atoms with van der Waals surface area (Å²) in [6.07, 6.45) is 2.06. The fourth-order valence-electron chi connectivity index (χ4n) is 2.32. The number of thioether (sulfide) groups is 1. The van der Waals surface area contributed by atoms with E-state index in [1.54, 1.807) is 11.8 Å². The molecule has 5 heteroatoms. The van der Waals surface area contributed by atoms with E-state index < -0.39 is 11.4 Å². The number of aliphatic carboxylic acids is 1. The van der Waals surface area contributed by atoms with Crippen molar-refractivity contribution in [1.82, 2.24) is 5.32 Å². The predicted molar refractivity (Wildman–Crippen MR) is 72.1 cm³/mol. The van der Waals surface area contributed by atoms with E-state index in [0.29, 0.717) is 12.8 Å². The zero-order valence-electron chi connectivity index (χ0n) is 10.4. The largest absolute Gasteiger partial charge is 0.481 e. The van der Waals surface area contributed by atoms with E-state index in [9.17, 15) is 9.59 Å². The molecule has 2 aliphatic rings. The quantitative estimate of drug-likeness (QED) is 0.879. The van der Waals surface area contributed by atoms with Crippen LogP contribution in [0.2, 0.25) is 0 Å². The second kappa shape index (κ2) is 4.56. The van der Waals surface area contributed by atoms with Gasteiger partial charge in [0.15, 0.2) is 0 Å². The van der Waals surface area contributed by atoms with Crippen LogP contribution in [0.15, 0.2) is 29.2 Å². The third-order valence-electron chi connectivity index (χ3n) is 3.85. The lowest BCUT2D eigenvalue weighted by Gasteiger charge is -2.13. The number of carbonyl (C=O) groups is 2. The summed E-state index contributed by atoms with van der Waals surface area (Å²) in [5, 5.41) is 11.7. The number of nitrogens with one attached hydrogen (secondary N) is 1. The first-order chi connectivity index (χ1) is 9.11. The Bertz CT molecular complexity index is 514. The second-order valence-electron chi connectivity index (χ2n) is 5.22. The maximum Gasteiger partial charge on any atom is 0.311 e. The van der Waals surface area contributed by atoms with E-state index in [1.807, 2.05) is 24.3 Å². The van der Waals surface area contributed by atoms with Gasteiger partial charge >= 0.3 is 5.97 Å². The molecule has 1 aromatic carbocycles. The van der Waals surface area contributed by atoms with Gasteiger partial charge < -0.3 is 10.4 Å². The maximum atomic E-state index is 12.1. The van der Waals surface area contributed by atoms with Crippen molar-refractivity contribution in [2.75, 3.05) is 6.54 Å². The fraction of sp³-hybridized carbons (Fsp3) is 0.429. The molecular formula is C14H15NO3S. The third-order valence-corrected chi connectivity index (χ3v) is 5.17. The number of carboxylic acid groups (broad SMARTS) is 1. The molecule has 0 bridgehead atoms. The topological polar surface area (TPSA) is 66.4 Å². The molecule has 0 aromatic heterocycles. The molecule has 1 amide bonds. The van der Waals surface area contributed by atoms with Gasteiger partial charge in [-0.2, -0.15) is 0 Å². The van der Waals surface area contributed by atoms with Crippen LogP contribution in [0, 0.1) is 5.41 Å². The zero-order chi connectivity index (χ0) is 13.5. The molecule has 3 rings (SSSR count). The number of fused-ring (bicyclic) bond motifs is 1. The summed E-state index contributed by atoms with van der Waals surface area (Å²) in [5.74, 6) is -0.844. The third kappa shape index (κ3) is 2.34. The van der Waals surface area contributed by atoms with Gasteiger partial charge in [0.2, 0.25) is 5.91 Å². The smallest absolute Gasteiger partial charge is 0.311 e. The van der Waals surface area contributed by atoms with E-state index in [1.165, 1.54) is 5.56 Å². The molecule has 0 radical (unpaired) electrons. The van der Waals surface area contributed by atoms with Gasteiger partial charge in [-0.1, -0.05) is 18.2 Å². The second-order valence-corrected chi connectivity index (χ2v) is 6.47. The van der Waals surface area contributed by atoms with Crippen LogP contribution in [0.5, 0.6) is 0 Å². The van der Waals surface area contributed by atoms with Crippen LogP contribution in [0.4, 0.5) is 0 Å². The lowest BCUT2D eigenvalue weighted by atomic mass is 10.1. The Morgan fingerprint density at radius 2 is 2.11 bits per heavy atom. The van der Waals surface area contributed by atoms with Crippen molar-refractivity contribution in [1.29, 1.82) is 0 Å². The van der Waals surface area contributed by atoms with Crippen LogP contribution in [0.3, 0.4) is 0 Å². The molecule has 19 heavy (non-hydrogen) atoms. The first-order valence-electron chi connectivity index (χ1n) is 6.36. The van der Waals surface area contributed by atoms with Gasteiger partial charge in [0.1, 0.15) is 0 Å². The number of carboxylic acids is 1. The highest BCUT2D eigenvalue weighted by molar-refractivity contribution is 8.01. The minimum absolute atomic E-state index is 0.0475. The van der Waals surface area contributed by atoms with Crippen LogP contribution in [0.1, 0.15) is 18.4 Å². The SMILES string of the molecule is O=C(NCC1(C(=O)O)CC1)C1Cc2ccccc2S1. The summed E-state index contributed by atoms with van der Waals surface area (Å²) in [6, 6.07) is 8.00. The van der Waals surface area contributed by atoms with Crippen molar-refractivity contribution in [3.8, 4) is 0 Å². The lowest BCUT2D eigenvalue weighted by Crippen LogP contribution is -2.38. The number of carbonyl (C=O) groups excluding carboxylic acids is 1. The van der Waals surface area contributed by atoms with Gasteiger partial charge in [0, 0.05) is 11.4 Å². The van der Waals surface area contributed by atoms with Gasteiger partial charge in [-0.3, -0.25) is 9.59 Å². The van der Waals surface area contributed by atoms with E-state index in [0.717, 1.165) is 11.3 Å². The highest BCUT2D eigenvalue weighted by atomic mass is 32.2. The molecule has 1 aromatic rings. The first kappa shape index (κ1) is 12.5.